The van der Waals surface area contributed by atoms with Crippen LogP contribution in [0.1, 0.15) is 65.7 Å². The fourth-order valence-electron chi connectivity index (χ4n) is 3.94. The Kier molecular flexibility index (Phi) is 5.70. The third kappa shape index (κ3) is 4.19. The van der Waals surface area contributed by atoms with E-state index >= 15 is 0 Å². The summed E-state index contributed by atoms with van der Waals surface area (Å²) in [6, 6.07) is 0.806. The highest BCUT2D eigenvalue weighted by Crippen LogP contribution is 2.36. The first-order valence-electron chi connectivity index (χ1n) is 8.63. The van der Waals surface area contributed by atoms with Crippen molar-refractivity contribution < 1.29 is 0 Å². The number of nitrogens with one attached hydrogen (secondary N) is 1. The Hall–Kier alpha value is -0.0800. The van der Waals surface area contributed by atoms with Gasteiger partial charge in [-0.1, -0.05) is 20.8 Å². The first-order chi connectivity index (χ1) is 9.17. The number of nitrogens with zero attached hydrogens (tertiary/aromatic N) is 1. The van der Waals surface area contributed by atoms with Crippen LogP contribution in [0.2, 0.25) is 0 Å². The molecule has 0 radical (unpaired) electrons. The highest BCUT2D eigenvalue weighted by atomic mass is 15.2. The lowest BCUT2D eigenvalue weighted by atomic mass is 9.82. The molecule has 2 fully saturated rings. The lowest BCUT2D eigenvalue weighted by Crippen LogP contribution is -2.38. The highest BCUT2D eigenvalue weighted by molar-refractivity contribution is 4.88. The Labute approximate surface area is 120 Å². The molecular formula is C17H34N2. The Balaban J connectivity index is 1.62. The standard InChI is InChI=1S/C17H34N2/c1-4-17(5-2)10-12-19(14-17)13-11-18-16-8-6-15(3)7-9-16/h15-16,18H,4-14H2,1-3H3. The molecule has 0 aromatic rings. The molecule has 0 aromatic carbocycles. The molecule has 0 spiro atoms. The van der Waals surface area contributed by atoms with Crippen LogP contribution in [0.5, 0.6) is 0 Å². The minimum Gasteiger partial charge on any atom is -0.313 e. The monoisotopic (exact) mass is 266 g/mol. The van der Waals surface area contributed by atoms with Crippen molar-refractivity contribution in [3.05, 3.63) is 0 Å². The summed E-state index contributed by atoms with van der Waals surface area (Å²) < 4.78 is 0. The molecule has 112 valence electrons. The predicted molar refractivity (Wildman–Crippen MR) is 83.5 cm³/mol. The van der Waals surface area contributed by atoms with Gasteiger partial charge >= 0.3 is 0 Å². The van der Waals surface area contributed by atoms with Gasteiger partial charge in [-0.05, 0) is 62.8 Å². The van der Waals surface area contributed by atoms with Gasteiger partial charge in [0.1, 0.15) is 0 Å². The second-order valence-corrected chi connectivity index (χ2v) is 7.14. The van der Waals surface area contributed by atoms with Crippen molar-refractivity contribution in [1.82, 2.24) is 10.2 Å². The van der Waals surface area contributed by atoms with Crippen LogP contribution in [0.4, 0.5) is 0 Å². The zero-order valence-corrected chi connectivity index (χ0v) is 13.4. The van der Waals surface area contributed by atoms with E-state index < -0.39 is 0 Å². The van der Waals surface area contributed by atoms with Crippen LogP contribution in [0.15, 0.2) is 0 Å². The van der Waals surface area contributed by atoms with E-state index in [1.165, 1.54) is 71.1 Å². The molecule has 2 rings (SSSR count). The Morgan fingerprint density at radius 2 is 1.79 bits per heavy atom. The summed E-state index contributed by atoms with van der Waals surface area (Å²) in [6.45, 7) is 12.3. The van der Waals surface area contributed by atoms with E-state index in [0.717, 1.165) is 12.0 Å². The minimum absolute atomic E-state index is 0.639. The zero-order valence-electron chi connectivity index (χ0n) is 13.4. The largest absolute Gasteiger partial charge is 0.313 e. The van der Waals surface area contributed by atoms with Gasteiger partial charge in [0.05, 0.1) is 0 Å². The lowest BCUT2D eigenvalue weighted by molar-refractivity contribution is 0.233. The first-order valence-corrected chi connectivity index (χ1v) is 8.63. The third-order valence-electron chi connectivity index (χ3n) is 5.89. The van der Waals surface area contributed by atoms with Gasteiger partial charge in [-0.25, -0.2) is 0 Å². The quantitative estimate of drug-likeness (QED) is 0.789. The smallest absolute Gasteiger partial charge is 0.0107 e. The van der Waals surface area contributed by atoms with Gasteiger partial charge in [0, 0.05) is 25.7 Å². The summed E-state index contributed by atoms with van der Waals surface area (Å²) in [4.78, 5) is 2.69. The maximum atomic E-state index is 3.79. The van der Waals surface area contributed by atoms with Gasteiger partial charge in [0.25, 0.3) is 0 Å². The molecule has 1 saturated heterocycles. The molecule has 1 aliphatic carbocycles. The van der Waals surface area contributed by atoms with Crippen LogP contribution >= 0.6 is 0 Å². The summed E-state index contributed by atoms with van der Waals surface area (Å²) in [6.07, 6.45) is 9.78. The average molecular weight is 266 g/mol. The van der Waals surface area contributed by atoms with E-state index in [1.54, 1.807) is 0 Å². The van der Waals surface area contributed by atoms with Gasteiger partial charge < -0.3 is 10.2 Å². The van der Waals surface area contributed by atoms with E-state index in [4.69, 9.17) is 0 Å². The Morgan fingerprint density at radius 3 is 2.37 bits per heavy atom. The van der Waals surface area contributed by atoms with Gasteiger partial charge in [-0.2, -0.15) is 0 Å². The second-order valence-electron chi connectivity index (χ2n) is 7.14. The summed E-state index contributed by atoms with van der Waals surface area (Å²) >= 11 is 0. The number of hydrogen-bond donors (Lipinski definition) is 1. The number of hydrogen-bond acceptors (Lipinski definition) is 2. The second kappa shape index (κ2) is 7.08. The van der Waals surface area contributed by atoms with E-state index in [1.807, 2.05) is 0 Å². The van der Waals surface area contributed by atoms with Crippen LogP contribution in [0.25, 0.3) is 0 Å². The van der Waals surface area contributed by atoms with Gasteiger partial charge in [0.15, 0.2) is 0 Å². The summed E-state index contributed by atoms with van der Waals surface area (Å²) in [5.74, 6) is 0.964. The normalized spacial score (nSPS) is 31.7. The zero-order chi connectivity index (χ0) is 13.7. The van der Waals surface area contributed by atoms with Crippen molar-refractivity contribution in [2.24, 2.45) is 11.3 Å². The van der Waals surface area contributed by atoms with E-state index in [9.17, 15) is 0 Å². The molecule has 1 aliphatic heterocycles. The van der Waals surface area contributed by atoms with Crippen molar-refractivity contribution in [3.8, 4) is 0 Å². The molecule has 1 heterocycles. The Morgan fingerprint density at radius 1 is 1.11 bits per heavy atom. The summed E-state index contributed by atoms with van der Waals surface area (Å²) in [7, 11) is 0. The molecule has 2 aliphatic rings. The topological polar surface area (TPSA) is 15.3 Å². The van der Waals surface area contributed by atoms with Crippen molar-refractivity contribution in [3.63, 3.8) is 0 Å². The minimum atomic E-state index is 0.639. The van der Waals surface area contributed by atoms with Crippen molar-refractivity contribution >= 4 is 0 Å². The molecule has 0 amide bonds. The molecule has 0 atom stereocenters. The molecule has 0 aromatic heterocycles. The van der Waals surface area contributed by atoms with Gasteiger partial charge in [0.2, 0.25) is 0 Å². The van der Waals surface area contributed by atoms with Crippen molar-refractivity contribution in [2.45, 2.75) is 71.8 Å². The molecule has 0 unspecified atom stereocenters. The fraction of sp³-hybridized carbons (Fsp3) is 1.00. The predicted octanol–water partition coefficient (Wildman–Crippen LogP) is 3.67. The van der Waals surface area contributed by atoms with Crippen LogP contribution < -0.4 is 5.32 Å². The molecule has 1 N–H and O–H groups in total. The van der Waals surface area contributed by atoms with E-state index in [-0.39, 0.29) is 0 Å². The molecule has 0 bridgehead atoms. The molecule has 1 saturated carbocycles. The van der Waals surface area contributed by atoms with Gasteiger partial charge in [-0.15, -0.1) is 0 Å². The van der Waals surface area contributed by atoms with Gasteiger partial charge in [-0.3, -0.25) is 0 Å². The van der Waals surface area contributed by atoms with Crippen LogP contribution in [-0.4, -0.2) is 37.1 Å². The summed E-state index contributed by atoms with van der Waals surface area (Å²) in [5.41, 5.74) is 0.639. The third-order valence-corrected chi connectivity index (χ3v) is 5.89. The molecule has 2 heteroatoms. The van der Waals surface area contributed by atoms with E-state index in [2.05, 4.69) is 31.0 Å². The average Bonchev–Trinajstić information content (AvgIpc) is 2.85. The molecule has 19 heavy (non-hydrogen) atoms. The van der Waals surface area contributed by atoms with Crippen LogP contribution in [0, 0.1) is 11.3 Å². The molecule has 2 nitrogen and oxygen atoms in total. The Bertz CT molecular complexity index is 252. The fourth-order valence-corrected chi connectivity index (χ4v) is 3.94. The van der Waals surface area contributed by atoms with Crippen LogP contribution in [0.3, 0.4) is 0 Å². The maximum Gasteiger partial charge on any atom is 0.0107 e. The maximum absolute atomic E-state index is 3.79. The van der Waals surface area contributed by atoms with Crippen molar-refractivity contribution in [1.29, 1.82) is 0 Å². The van der Waals surface area contributed by atoms with Crippen LogP contribution in [-0.2, 0) is 0 Å². The SMILES string of the molecule is CCC1(CC)CCN(CCNC2CCC(C)CC2)C1. The summed E-state index contributed by atoms with van der Waals surface area (Å²) in [5, 5.41) is 3.79. The van der Waals surface area contributed by atoms with Crippen molar-refractivity contribution in [2.75, 3.05) is 26.2 Å². The molecular weight excluding hydrogens is 232 g/mol. The number of likely N-dealkylation sites (tertiary alicyclic amines) is 1. The first kappa shape index (κ1) is 15.3. The number of rotatable bonds is 6. The highest BCUT2D eigenvalue weighted by Gasteiger charge is 2.34. The lowest BCUT2D eigenvalue weighted by Gasteiger charge is -2.29. The van der Waals surface area contributed by atoms with E-state index in [0.29, 0.717) is 5.41 Å².